The maximum absolute atomic E-state index is 13.8. The summed E-state index contributed by atoms with van der Waals surface area (Å²) in [5.74, 6) is -0.667. The predicted octanol–water partition coefficient (Wildman–Crippen LogP) is 3.60. The predicted molar refractivity (Wildman–Crippen MR) is 94.3 cm³/mol. The van der Waals surface area contributed by atoms with E-state index in [1.165, 1.54) is 30.7 Å². The molecule has 0 saturated heterocycles. The largest absolute Gasteiger partial charge is 0.492 e. The molecule has 0 fully saturated rings. The van der Waals surface area contributed by atoms with Crippen molar-refractivity contribution in [1.82, 2.24) is 4.98 Å². The van der Waals surface area contributed by atoms with Crippen LogP contribution < -0.4 is 10.2 Å². The number of anilines is 1. The number of thiazole rings is 1. The third-order valence-corrected chi connectivity index (χ3v) is 4.17. The van der Waals surface area contributed by atoms with Gasteiger partial charge in [0.05, 0.1) is 36.5 Å². The average Bonchev–Trinajstić information content (AvgIpc) is 2.94. The van der Waals surface area contributed by atoms with E-state index in [0.717, 1.165) is 0 Å². The van der Waals surface area contributed by atoms with Gasteiger partial charge in [0.15, 0.2) is 11.6 Å². The van der Waals surface area contributed by atoms with Crippen LogP contribution in [0.3, 0.4) is 0 Å². The number of hydrogen-bond acceptors (Lipinski definition) is 7. The zero-order valence-electron chi connectivity index (χ0n) is 13.0. The zero-order chi connectivity index (χ0) is 17.5. The van der Waals surface area contributed by atoms with E-state index in [-0.39, 0.29) is 18.1 Å². The molecule has 0 aliphatic heterocycles. The fourth-order valence-electron chi connectivity index (χ4n) is 1.81. The van der Waals surface area contributed by atoms with Gasteiger partial charge in [0, 0.05) is 5.38 Å². The molecule has 2 aromatic rings. The van der Waals surface area contributed by atoms with Crippen LogP contribution in [0.4, 0.5) is 9.52 Å². The van der Waals surface area contributed by atoms with Crippen molar-refractivity contribution in [2.75, 3.05) is 19.1 Å². The second kappa shape index (κ2) is 8.74. The summed E-state index contributed by atoms with van der Waals surface area (Å²) in [7, 11) is 1.40. The normalized spacial score (nSPS) is 10.8. The Hall–Kier alpha value is -2.00. The van der Waals surface area contributed by atoms with E-state index in [1.807, 2.05) is 0 Å². The molecule has 0 amide bonds. The number of methoxy groups -OCH3 is 1. The number of carbonyl (C=O) groups excluding carboxylic acids is 1. The van der Waals surface area contributed by atoms with E-state index in [2.05, 4.69) is 31.4 Å². The molecule has 0 bridgehead atoms. The Labute approximate surface area is 150 Å². The number of hydrogen-bond donors (Lipinski definition) is 1. The molecule has 0 aliphatic rings. The summed E-state index contributed by atoms with van der Waals surface area (Å²) in [4.78, 5) is 15.6. The minimum Gasteiger partial charge on any atom is -0.492 e. The molecule has 0 unspecified atom stereocenters. The maximum Gasteiger partial charge on any atom is 0.311 e. The monoisotopic (exact) mass is 415 g/mol. The molecular weight excluding hydrogens is 401 g/mol. The molecule has 6 nitrogen and oxygen atoms in total. The molecule has 0 spiro atoms. The van der Waals surface area contributed by atoms with Gasteiger partial charge < -0.3 is 9.47 Å². The first-order valence-electron chi connectivity index (χ1n) is 6.95. The van der Waals surface area contributed by atoms with Gasteiger partial charge in [0.2, 0.25) is 5.13 Å². The Kier molecular flexibility index (Phi) is 6.68. The number of halogens is 2. The Morgan fingerprint density at radius 3 is 3.00 bits per heavy atom. The fraction of sp³-hybridized carbons (Fsp3) is 0.267. The third kappa shape index (κ3) is 5.00. The Morgan fingerprint density at radius 1 is 1.54 bits per heavy atom. The highest BCUT2D eigenvalue weighted by Crippen LogP contribution is 2.28. The molecule has 24 heavy (non-hydrogen) atoms. The SMILES string of the molecule is CCOC(=O)Cc1csc(NN=Cc2cc(F)c(OC)c(Br)c2)n1. The first kappa shape index (κ1) is 18.3. The summed E-state index contributed by atoms with van der Waals surface area (Å²) in [6, 6.07) is 2.99. The van der Waals surface area contributed by atoms with Gasteiger partial charge >= 0.3 is 5.97 Å². The molecule has 0 saturated carbocycles. The van der Waals surface area contributed by atoms with Crippen LogP contribution in [0.15, 0.2) is 27.1 Å². The highest BCUT2D eigenvalue weighted by molar-refractivity contribution is 9.10. The van der Waals surface area contributed by atoms with Gasteiger partial charge in [-0.3, -0.25) is 10.2 Å². The van der Waals surface area contributed by atoms with Crippen LogP contribution >= 0.6 is 27.3 Å². The van der Waals surface area contributed by atoms with Crippen molar-refractivity contribution in [3.8, 4) is 5.75 Å². The van der Waals surface area contributed by atoms with Gasteiger partial charge in [-0.1, -0.05) is 0 Å². The van der Waals surface area contributed by atoms with Crippen LogP contribution in [0.2, 0.25) is 0 Å². The first-order valence-corrected chi connectivity index (χ1v) is 8.63. The van der Waals surface area contributed by atoms with Crippen LogP contribution in [0, 0.1) is 5.82 Å². The summed E-state index contributed by atoms with van der Waals surface area (Å²) in [5, 5.41) is 6.28. The van der Waals surface area contributed by atoms with E-state index >= 15 is 0 Å². The Bertz CT molecular complexity index is 728. The van der Waals surface area contributed by atoms with Crippen molar-refractivity contribution in [2.24, 2.45) is 5.10 Å². The molecule has 1 N–H and O–H groups in total. The molecule has 9 heteroatoms. The molecule has 0 atom stereocenters. The Morgan fingerprint density at radius 2 is 2.33 bits per heavy atom. The van der Waals surface area contributed by atoms with Crippen molar-refractivity contribution in [1.29, 1.82) is 0 Å². The summed E-state index contributed by atoms with van der Waals surface area (Å²) in [5.41, 5.74) is 3.90. The number of carbonyl (C=O) groups is 1. The summed E-state index contributed by atoms with van der Waals surface area (Å²) in [6.45, 7) is 2.09. The molecule has 2 rings (SSSR count). The van der Waals surface area contributed by atoms with Crippen molar-refractivity contribution in [2.45, 2.75) is 13.3 Å². The highest BCUT2D eigenvalue weighted by atomic mass is 79.9. The lowest BCUT2D eigenvalue weighted by atomic mass is 10.2. The van der Waals surface area contributed by atoms with Crippen molar-refractivity contribution < 1.29 is 18.7 Å². The number of esters is 1. The second-order valence-corrected chi connectivity index (χ2v) is 6.23. The van der Waals surface area contributed by atoms with Gasteiger partial charge in [-0.05, 0) is 40.5 Å². The van der Waals surface area contributed by atoms with E-state index < -0.39 is 5.82 Å². The average molecular weight is 416 g/mol. The number of aromatic nitrogens is 1. The second-order valence-electron chi connectivity index (χ2n) is 4.51. The lowest BCUT2D eigenvalue weighted by Gasteiger charge is -2.05. The first-order chi connectivity index (χ1) is 11.5. The van der Waals surface area contributed by atoms with E-state index in [4.69, 9.17) is 9.47 Å². The van der Waals surface area contributed by atoms with Crippen LogP contribution in [-0.2, 0) is 16.0 Å². The molecule has 0 aliphatic carbocycles. The standard InChI is InChI=1S/C15H15BrFN3O3S/c1-3-23-13(21)6-10-8-24-15(19-10)20-18-7-9-4-11(16)14(22-2)12(17)5-9/h4-5,7-8H,3,6H2,1-2H3,(H,19,20). The number of ether oxygens (including phenoxy) is 2. The van der Waals surface area contributed by atoms with Crippen LogP contribution in [0.5, 0.6) is 5.75 Å². The summed E-state index contributed by atoms with van der Waals surface area (Å²) in [6.07, 6.45) is 1.58. The molecule has 0 radical (unpaired) electrons. The minimum atomic E-state index is -0.487. The molecule has 1 aromatic heterocycles. The highest BCUT2D eigenvalue weighted by Gasteiger charge is 2.09. The maximum atomic E-state index is 13.8. The van der Waals surface area contributed by atoms with Crippen LogP contribution in [-0.4, -0.2) is 30.9 Å². The van der Waals surface area contributed by atoms with Crippen LogP contribution in [0.1, 0.15) is 18.2 Å². The topological polar surface area (TPSA) is 72.8 Å². The van der Waals surface area contributed by atoms with Crippen molar-refractivity contribution in [3.63, 3.8) is 0 Å². The van der Waals surface area contributed by atoms with Gasteiger partial charge in [-0.25, -0.2) is 9.37 Å². The van der Waals surface area contributed by atoms with E-state index in [1.54, 1.807) is 18.4 Å². The Balaban J connectivity index is 1.97. The van der Waals surface area contributed by atoms with Crippen LogP contribution in [0.25, 0.3) is 0 Å². The number of benzene rings is 1. The smallest absolute Gasteiger partial charge is 0.311 e. The number of nitrogens with one attached hydrogen (secondary N) is 1. The van der Waals surface area contributed by atoms with Gasteiger partial charge in [-0.15, -0.1) is 11.3 Å². The van der Waals surface area contributed by atoms with Crippen molar-refractivity contribution >= 4 is 44.6 Å². The molecule has 128 valence electrons. The van der Waals surface area contributed by atoms with Gasteiger partial charge in [0.25, 0.3) is 0 Å². The zero-order valence-corrected chi connectivity index (χ0v) is 15.4. The van der Waals surface area contributed by atoms with E-state index in [0.29, 0.717) is 27.5 Å². The van der Waals surface area contributed by atoms with Gasteiger partial charge in [-0.2, -0.15) is 5.10 Å². The number of rotatable bonds is 7. The van der Waals surface area contributed by atoms with Crippen molar-refractivity contribution in [3.05, 3.63) is 39.1 Å². The molecule has 1 heterocycles. The minimum absolute atomic E-state index is 0.117. The summed E-state index contributed by atoms with van der Waals surface area (Å²) >= 11 is 4.54. The third-order valence-electron chi connectivity index (χ3n) is 2.78. The molecular formula is C15H15BrFN3O3S. The molecule has 1 aromatic carbocycles. The van der Waals surface area contributed by atoms with E-state index in [9.17, 15) is 9.18 Å². The van der Waals surface area contributed by atoms with Gasteiger partial charge in [0.1, 0.15) is 0 Å². The summed E-state index contributed by atoms with van der Waals surface area (Å²) < 4.78 is 24.0. The fourth-order valence-corrected chi connectivity index (χ4v) is 3.09. The number of nitrogens with zero attached hydrogens (tertiary/aromatic N) is 2. The lowest BCUT2D eigenvalue weighted by molar-refractivity contribution is -0.142. The number of hydrazone groups is 1. The lowest BCUT2D eigenvalue weighted by Crippen LogP contribution is -2.07. The quantitative estimate of drug-likeness (QED) is 0.424.